The van der Waals surface area contributed by atoms with Gasteiger partial charge < -0.3 is 9.47 Å². The second-order valence-electron chi connectivity index (χ2n) is 4.93. The normalized spacial score (nSPS) is 26.5. The van der Waals surface area contributed by atoms with E-state index < -0.39 is 5.54 Å². The predicted octanol–water partition coefficient (Wildman–Crippen LogP) is 1.49. The van der Waals surface area contributed by atoms with Crippen molar-refractivity contribution in [3.8, 4) is 0 Å². The number of carbonyl (C=O) groups is 1. The minimum Gasteiger partial charge on any atom is -0.468 e. The monoisotopic (exact) mass is 229 g/mol. The van der Waals surface area contributed by atoms with Crippen molar-refractivity contribution in [1.29, 1.82) is 0 Å². The molecule has 1 rings (SSSR count). The van der Waals surface area contributed by atoms with Crippen molar-refractivity contribution >= 4 is 5.97 Å². The van der Waals surface area contributed by atoms with E-state index in [4.69, 9.17) is 9.47 Å². The number of carbonyl (C=O) groups excluding carboxylic acids is 1. The van der Waals surface area contributed by atoms with Crippen molar-refractivity contribution in [2.75, 3.05) is 14.2 Å². The molecule has 0 radical (unpaired) electrons. The summed E-state index contributed by atoms with van der Waals surface area (Å²) in [6, 6.07) is 0.243. The molecule has 0 heterocycles. The van der Waals surface area contributed by atoms with Gasteiger partial charge in [-0.2, -0.15) is 0 Å². The summed E-state index contributed by atoms with van der Waals surface area (Å²) in [5, 5.41) is 3.35. The summed E-state index contributed by atoms with van der Waals surface area (Å²) in [6.45, 7) is 3.69. The van der Waals surface area contributed by atoms with Gasteiger partial charge in [-0.05, 0) is 26.7 Å². The molecule has 4 heteroatoms. The molecular formula is C12H23NO3. The maximum atomic E-state index is 11.6. The fourth-order valence-electron chi connectivity index (χ4n) is 2.32. The SMILES string of the molecule is COC(=O)C(C)(C)NC1CCCCC1OC. The molecule has 0 saturated heterocycles. The first-order chi connectivity index (χ1) is 7.51. The van der Waals surface area contributed by atoms with Gasteiger partial charge in [0.05, 0.1) is 13.2 Å². The first kappa shape index (κ1) is 13.5. The molecule has 0 spiro atoms. The molecule has 0 aromatic rings. The molecule has 2 atom stereocenters. The predicted molar refractivity (Wildman–Crippen MR) is 62.3 cm³/mol. The highest BCUT2D eigenvalue weighted by Gasteiger charge is 2.35. The number of hydrogen-bond acceptors (Lipinski definition) is 4. The van der Waals surface area contributed by atoms with E-state index in [-0.39, 0.29) is 18.1 Å². The first-order valence-electron chi connectivity index (χ1n) is 5.90. The number of esters is 1. The Bertz CT molecular complexity index is 240. The molecule has 0 amide bonds. The Morgan fingerprint density at radius 1 is 1.25 bits per heavy atom. The fraction of sp³-hybridized carbons (Fsp3) is 0.917. The maximum Gasteiger partial charge on any atom is 0.325 e. The summed E-state index contributed by atoms with van der Waals surface area (Å²) in [5.41, 5.74) is -0.645. The third kappa shape index (κ3) is 3.19. The van der Waals surface area contributed by atoms with Gasteiger partial charge in [0.15, 0.2) is 0 Å². The number of hydrogen-bond donors (Lipinski definition) is 1. The van der Waals surface area contributed by atoms with E-state index in [1.165, 1.54) is 20.0 Å². The Morgan fingerprint density at radius 3 is 2.44 bits per heavy atom. The lowest BCUT2D eigenvalue weighted by atomic mass is 9.90. The largest absolute Gasteiger partial charge is 0.468 e. The molecule has 94 valence electrons. The van der Waals surface area contributed by atoms with E-state index in [9.17, 15) is 4.79 Å². The van der Waals surface area contributed by atoms with Gasteiger partial charge >= 0.3 is 5.97 Å². The van der Waals surface area contributed by atoms with Crippen molar-refractivity contribution in [2.45, 2.75) is 57.2 Å². The van der Waals surface area contributed by atoms with Gasteiger partial charge in [0.25, 0.3) is 0 Å². The lowest BCUT2D eigenvalue weighted by Crippen LogP contribution is -2.56. The Hall–Kier alpha value is -0.610. The third-order valence-corrected chi connectivity index (χ3v) is 3.25. The third-order valence-electron chi connectivity index (χ3n) is 3.25. The summed E-state index contributed by atoms with van der Waals surface area (Å²) < 4.78 is 10.2. The number of nitrogens with one attached hydrogen (secondary N) is 1. The van der Waals surface area contributed by atoms with Crippen LogP contribution in [0, 0.1) is 0 Å². The van der Waals surface area contributed by atoms with Crippen molar-refractivity contribution < 1.29 is 14.3 Å². The van der Waals surface area contributed by atoms with E-state index >= 15 is 0 Å². The molecule has 1 saturated carbocycles. The average molecular weight is 229 g/mol. The molecule has 0 aromatic carbocycles. The molecule has 1 aliphatic carbocycles. The Balaban J connectivity index is 2.60. The van der Waals surface area contributed by atoms with Crippen LogP contribution in [0.2, 0.25) is 0 Å². The summed E-state index contributed by atoms with van der Waals surface area (Å²) in [4.78, 5) is 11.6. The quantitative estimate of drug-likeness (QED) is 0.742. The van der Waals surface area contributed by atoms with Gasteiger partial charge in [-0.3, -0.25) is 10.1 Å². The minimum atomic E-state index is -0.645. The van der Waals surface area contributed by atoms with Crippen molar-refractivity contribution in [1.82, 2.24) is 5.32 Å². The van der Waals surface area contributed by atoms with Gasteiger partial charge in [-0.1, -0.05) is 12.8 Å². The van der Waals surface area contributed by atoms with Crippen molar-refractivity contribution in [3.63, 3.8) is 0 Å². The van der Waals surface area contributed by atoms with Crippen LogP contribution in [0.1, 0.15) is 39.5 Å². The van der Waals surface area contributed by atoms with Crippen LogP contribution in [0.25, 0.3) is 0 Å². The highest BCUT2D eigenvalue weighted by atomic mass is 16.5. The second kappa shape index (κ2) is 5.64. The average Bonchev–Trinajstić information content (AvgIpc) is 2.28. The standard InChI is InChI=1S/C12H23NO3/c1-12(2,11(14)16-4)13-9-7-5-6-8-10(9)15-3/h9-10,13H,5-8H2,1-4H3. The molecule has 16 heavy (non-hydrogen) atoms. The van der Waals surface area contributed by atoms with Crippen molar-refractivity contribution in [3.05, 3.63) is 0 Å². The van der Waals surface area contributed by atoms with Gasteiger partial charge in [0.1, 0.15) is 5.54 Å². The van der Waals surface area contributed by atoms with E-state index in [0.29, 0.717) is 0 Å². The van der Waals surface area contributed by atoms with Crippen LogP contribution in [-0.4, -0.2) is 37.9 Å². The topological polar surface area (TPSA) is 47.6 Å². The summed E-state index contributed by atoms with van der Waals surface area (Å²) in [5.74, 6) is -0.229. The smallest absolute Gasteiger partial charge is 0.325 e. The van der Waals surface area contributed by atoms with Crippen LogP contribution in [0.3, 0.4) is 0 Å². The summed E-state index contributed by atoms with van der Waals surface area (Å²) in [6.07, 6.45) is 4.71. The van der Waals surface area contributed by atoms with Gasteiger partial charge in [0.2, 0.25) is 0 Å². The zero-order chi connectivity index (χ0) is 12.2. The number of methoxy groups -OCH3 is 2. The molecule has 1 aliphatic rings. The lowest BCUT2D eigenvalue weighted by Gasteiger charge is -2.36. The minimum absolute atomic E-state index is 0.206. The van der Waals surface area contributed by atoms with Gasteiger partial charge in [-0.25, -0.2) is 0 Å². The van der Waals surface area contributed by atoms with Crippen LogP contribution in [-0.2, 0) is 14.3 Å². The van der Waals surface area contributed by atoms with Crippen LogP contribution in [0.4, 0.5) is 0 Å². The molecule has 1 fully saturated rings. The van der Waals surface area contributed by atoms with Crippen LogP contribution in [0.15, 0.2) is 0 Å². The van der Waals surface area contributed by atoms with Gasteiger partial charge in [-0.15, -0.1) is 0 Å². The molecule has 0 aromatic heterocycles. The van der Waals surface area contributed by atoms with Crippen LogP contribution >= 0.6 is 0 Å². The van der Waals surface area contributed by atoms with E-state index in [1.807, 2.05) is 13.8 Å². The first-order valence-corrected chi connectivity index (χ1v) is 5.90. The molecule has 2 unspecified atom stereocenters. The van der Waals surface area contributed by atoms with E-state index in [0.717, 1.165) is 12.8 Å². The van der Waals surface area contributed by atoms with E-state index in [1.54, 1.807) is 7.11 Å². The van der Waals surface area contributed by atoms with Crippen LogP contribution in [0.5, 0.6) is 0 Å². The molecule has 1 N–H and O–H groups in total. The Kier molecular flexibility index (Phi) is 4.74. The number of rotatable bonds is 4. The summed E-state index contributed by atoms with van der Waals surface area (Å²) in [7, 11) is 3.15. The lowest BCUT2D eigenvalue weighted by molar-refractivity contribution is -0.148. The van der Waals surface area contributed by atoms with Gasteiger partial charge in [0, 0.05) is 13.2 Å². The van der Waals surface area contributed by atoms with Crippen LogP contribution < -0.4 is 5.32 Å². The fourth-order valence-corrected chi connectivity index (χ4v) is 2.32. The zero-order valence-electron chi connectivity index (χ0n) is 10.7. The number of ether oxygens (including phenoxy) is 2. The Morgan fingerprint density at radius 2 is 1.88 bits per heavy atom. The zero-order valence-corrected chi connectivity index (χ0v) is 10.7. The summed E-state index contributed by atoms with van der Waals surface area (Å²) >= 11 is 0. The highest BCUT2D eigenvalue weighted by molar-refractivity contribution is 5.79. The Labute approximate surface area is 97.7 Å². The second-order valence-corrected chi connectivity index (χ2v) is 4.93. The molecule has 0 aliphatic heterocycles. The molecule has 0 bridgehead atoms. The van der Waals surface area contributed by atoms with E-state index in [2.05, 4.69) is 5.32 Å². The molecule has 4 nitrogen and oxygen atoms in total. The molecular weight excluding hydrogens is 206 g/mol. The van der Waals surface area contributed by atoms with Crippen molar-refractivity contribution in [2.24, 2.45) is 0 Å². The highest BCUT2D eigenvalue weighted by Crippen LogP contribution is 2.23. The maximum absolute atomic E-state index is 11.6.